The van der Waals surface area contributed by atoms with Gasteiger partial charge in [0.1, 0.15) is 11.5 Å². The lowest BCUT2D eigenvalue weighted by Crippen LogP contribution is -2.40. The Labute approximate surface area is 239 Å². The van der Waals surface area contributed by atoms with Gasteiger partial charge < -0.3 is 9.47 Å². The molecule has 1 saturated heterocycles. The lowest BCUT2D eigenvalue weighted by atomic mass is 9.63. The van der Waals surface area contributed by atoms with E-state index in [1.807, 2.05) is 0 Å². The number of esters is 1. The molecule has 2 amide bonds. The lowest BCUT2D eigenvalue weighted by Gasteiger charge is -2.37. The lowest BCUT2D eigenvalue weighted by molar-refractivity contribution is -0.384. The Balaban J connectivity index is 0.978. The van der Waals surface area contributed by atoms with Crippen LogP contribution in [0.1, 0.15) is 27.1 Å². The summed E-state index contributed by atoms with van der Waals surface area (Å²) in [5.41, 5.74) is 0.703. The second-order valence-corrected chi connectivity index (χ2v) is 11.1. The number of nitrogens with zero attached hydrogens (tertiary/aromatic N) is 2. The number of hydrogen-bond donors (Lipinski definition) is 0. The van der Waals surface area contributed by atoms with Crippen molar-refractivity contribution in [3.8, 4) is 11.5 Å². The minimum Gasteiger partial charge on any atom is -0.457 e. The van der Waals surface area contributed by atoms with Gasteiger partial charge in [-0.3, -0.25) is 24.5 Å². The predicted octanol–water partition coefficient (Wildman–Crippen LogP) is 4.98. The Morgan fingerprint density at radius 2 is 1.43 bits per heavy atom. The first kappa shape index (κ1) is 25.8. The van der Waals surface area contributed by atoms with Gasteiger partial charge in [-0.25, -0.2) is 9.69 Å². The molecule has 0 unspecified atom stereocenters. The normalized spacial score (nSPS) is 26.4. The molecule has 5 aliphatic rings. The number of nitro benzene ring substituents is 1. The van der Waals surface area contributed by atoms with E-state index in [4.69, 9.17) is 9.47 Å². The summed E-state index contributed by atoms with van der Waals surface area (Å²) in [6, 6.07) is 17.9. The third kappa shape index (κ3) is 4.27. The first-order chi connectivity index (χ1) is 20.3. The second-order valence-electron chi connectivity index (χ2n) is 11.1. The molecule has 0 aromatic heterocycles. The quantitative estimate of drug-likeness (QED) is 0.0934. The van der Waals surface area contributed by atoms with Gasteiger partial charge in [0.25, 0.3) is 5.69 Å². The van der Waals surface area contributed by atoms with Crippen molar-refractivity contribution in [2.24, 2.45) is 35.5 Å². The summed E-state index contributed by atoms with van der Waals surface area (Å²) in [6.45, 7) is -0.505. The van der Waals surface area contributed by atoms with Crippen molar-refractivity contribution in [1.29, 1.82) is 0 Å². The first-order valence-corrected chi connectivity index (χ1v) is 13.7. The monoisotopic (exact) mass is 564 g/mol. The highest BCUT2D eigenvalue weighted by atomic mass is 16.6. The van der Waals surface area contributed by atoms with Crippen molar-refractivity contribution in [3.05, 3.63) is 106 Å². The van der Waals surface area contributed by atoms with Gasteiger partial charge in [0.05, 0.1) is 28.0 Å². The molecule has 0 spiro atoms. The SMILES string of the molecule is O=C(COC(=O)c1cccc(N2C(=O)[C@H]3[C@@H]4C=C[C@H]([C@H]5C[C@H]45)[C@@H]3C2=O)c1)c1ccc(Oc2ccc([N+](=O)[O-])cc2)cc1. The van der Waals surface area contributed by atoms with Crippen LogP contribution < -0.4 is 9.64 Å². The Bertz CT molecular complexity index is 1640. The number of carbonyl (C=O) groups is 4. The maximum atomic E-state index is 13.4. The fraction of sp³-hybridized carbons (Fsp3) is 0.250. The van der Waals surface area contributed by atoms with Crippen LogP contribution in [0.2, 0.25) is 0 Å². The number of allylic oxidation sites excluding steroid dienone is 2. The zero-order valence-electron chi connectivity index (χ0n) is 22.1. The van der Waals surface area contributed by atoms with Crippen molar-refractivity contribution in [2.45, 2.75) is 6.42 Å². The Morgan fingerprint density at radius 1 is 0.833 bits per heavy atom. The molecule has 3 aromatic carbocycles. The molecule has 6 atom stereocenters. The maximum Gasteiger partial charge on any atom is 0.338 e. The molecule has 42 heavy (non-hydrogen) atoms. The third-order valence-corrected chi connectivity index (χ3v) is 8.80. The van der Waals surface area contributed by atoms with Crippen molar-refractivity contribution in [3.63, 3.8) is 0 Å². The first-order valence-electron chi connectivity index (χ1n) is 13.7. The molecular formula is C32H24N2O8. The van der Waals surface area contributed by atoms with Gasteiger partial charge in [-0.2, -0.15) is 0 Å². The van der Waals surface area contributed by atoms with E-state index in [1.54, 1.807) is 24.3 Å². The Morgan fingerprint density at radius 3 is 2.02 bits per heavy atom. The second kappa shape index (κ2) is 9.76. The molecule has 210 valence electrons. The number of ketones is 1. The molecule has 8 rings (SSSR count). The van der Waals surface area contributed by atoms with Crippen LogP contribution in [0.4, 0.5) is 11.4 Å². The molecular weight excluding hydrogens is 540 g/mol. The molecule has 2 saturated carbocycles. The number of imide groups is 1. The smallest absolute Gasteiger partial charge is 0.338 e. The number of carbonyl (C=O) groups excluding carboxylic acids is 4. The highest BCUT2D eigenvalue weighted by Gasteiger charge is 2.67. The van der Waals surface area contributed by atoms with E-state index in [0.29, 0.717) is 34.6 Å². The van der Waals surface area contributed by atoms with E-state index in [0.717, 1.165) is 6.42 Å². The van der Waals surface area contributed by atoms with Gasteiger partial charge in [-0.05, 0) is 84.7 Å². The molecule has 0 radical (unpaired) electrons. The van der Waals surface area contributed by atoms with Crippen LogP contribution in [0.3, 0.4) is 0 Å². The van der Waals surface area contributed by atoms with Gasteiger partial charge in [0.2, 0.25) is 11.8 Å². The van der Waals surface area contributed by atoms with Crippen molar-refractivity contribution in [2.75, 3.05) is 11.5 Å². The summed E-state index contributed by atoms with van der Waals surface area (Å²) in [6.07, 6.45) is 5.30. The van der Waals surface area contributed by atoms with Gasteiger partial charge in [0, 0.05) is 17.7 Å². The number of anilines is 1. The van der Waals surface area contributed by atoms with Crippen LogP contribution in [-0.4, -0.2) is 35.1 Å². The number of benzene rings is 3. The van der Waals surface area contributed by atoms with Gasteiger partial charge in [0.15, 0.2) is 12.4 Å². The van der Waals surface area contributed by atoms with Crippen LogP contribution in [0.15, 0.2) is 84.9 Å². The zero-order valence-corrected chi connectivity index (χ0v) is 22.1. The number of Topliss-reactive ketones (excluding diaryl/α,β-unsaturated/α-hetero) is 1. The van der Waals surface area contributed by atoms with Crippen LogP contribution in [0, 0.1) is 45.6 Å². The topological polar surface area (TPSA) is 133 Å². The predicted molar refractivity (Wildman–Crippen MR) is 148 cm³/mol. The minimum absolute atomic E-state index is 0.0549. The van der Waals surface area contributed by atoms with Gasteiger partial charge in [-0.15, -0.1) is 0 Å². The maximum absolute atomic E-state index is 13.4. The average molecular weight is 565 g/mol. The number of rotatable bonds is 8. The Hall–Kier alpha value is -5.12. The average Bonchev–Trinajstić information content (AvgIpc) is 3.79. The molecule has 1 heterocycles. The minimum atomic E-state index is -0.747. The number of nitro groups is 1. The van der Waals surface area contributed by atoms with E-state index < -0.39 is 23.3 Å². The third-order valence-electron chi connectivity index (χ3n) is 8.80. The van der Waals surface area contributed by atoms with Crippen LogP contribution >= 0.6 is 0 Å². The molecule has 10 nitrogen and oxygen atoms in total. The molecule has 10 heteroatoms. The standard InChI is InChI=1S/C32H24N2O8/c35-27(17-4-8-21(9-5-17)42-22-10-6-19(7-11-22)34(39)40)16-41-32(38)18-2-1-3-20(14-18)33-30(36)28-23-12-13-24(26-15-25(23)26)29(28)31(33)37/h1-14,23-26,28-29H,15-16H2/t23-,24-,25-,26-,28+,29+/m1/s1. The number of ether oxygens (including phenoxy) is 2. The zero-order chi connectivity index (χ0) is 29.1. The van der Waals surface area contributed by atoms with Crippen molar-refractivity contribution in [1.82, 2.24) is 0 Å². The van der Waals surface area contributed by atoms with E-state index in [-0.39, 0.29) is 46.7 Å². The highest BCUT2D eigenvalue weighted by Crippen LogP contribution is 2.65. The summed E-state index contributed by atoms with van der Waals surface area (Å²) < 4.78 is 10.9. The molecule has 3 fully saturated rings. The van der Waals surface area contributed by atoms with Gasteiger partial charge in [-0.1, -0.05) is 18.2 Å². The summed E-state index contributed by atoms with van der Waals surface area (Å²) in [5, 5.41) is 10.8. The van der Waals surface area contributed by atoms with E-state index in [2.05, 4.69) is 12.2 Å². The van der Waals surface area contributed by atoms with Crippen LogP contribution in [-0.2, 0) is 14.3 Å². The number of hydrogen-bond acceptors (Lipinski definition) is 8. The molecule has 4 aliphatic carbocycles. The molecule has 1 aliphatic heterocycles. The van der Waals surface area contributed by atoms with E-state index >= 15 is 0 Å². The van der Waals surface area contributed by atoms with Crippen LogP contribution in [0.5, 0.6) is 11.5 Å². The van der Waals surface area contributed by atoms with E-state index in [1.165, 1.54) is 53.4 Å². The molecule has 3 aromatic rings. The fourth-order valence-corrected chi connectivity index (χ4v) is 6.76. The van der Waals surface area contributed by atoms with Crippen LogP contribution in [0.25, 0.3) is 0 Å². The van der Waals surface area contributed by atoms with E-state index in [9.17, 15) is 29.3 Å². The summed E-state index contributed by atoms with van der Waals surface area (Å²) >= 11 is 0. The summed E-state index contributed by atoms with van der Waals surface area (Å²) in [7, 11) is 0. The largest absolute Gasteiger partial charge is 0.457 e. The highest BCUT2D eigenvalue weighted by molar-refractivity contribution is 6.23. The number of amides is 2. The summed E-state index contributed by atoms with van der Waals surface area (Å²) in [4.78, 5) is 63.8. The van der Waals surface area contributed by atoms with Gasteiger partial charge >= 0.3 is 5.97 Å². The molecule has 2 bridgehead atoms. The van der Waals surface area contributed by atoms with Crippen molar-refractivity contribution < 1.29 is 33.6 Å². The Kier molecular flexibility index (Phi) is 6.00. The molecule has 0 N–H and O–H groups in total. The van der Waals surface area contributed by atoms with Crippen molar-refractivity contribution >= 4 is 34.9 Å². The fourth-order valence-electron chi connectivity index (χ4n) is 6.76. The number of non-ortho nitro benzene ring substituents is 1. The summed E-state index contributed by atoms with van der Waals surface area (Å²) in [5.74, 6) is -0.264.